The van der Waals surface area contributed by atoms with Gasteiger partial charge in [-0.15, -0.1) is 0 Å². The van der Waals surface area contributed by atoms with Crippen LogP contribution >= 0.6 is 0 Å². The number of benzene rings is 1. The lowest BCUT2D eigenvalue weighted by molar-refractivity contribution is 0.231. The molecule has 1 aromatic rings. The number of ether oxygens (including phenoxy) is 1. The Morgan fingerprint density at radius 1 is 1.42 bits per heavy atom. The lowest BCUT2D eigenvalue weighted by Crippen LogP contribution is -2.38. The molecule has 1 saturated heterocycles. The van der Waals surface area contributed by atoms with Gasteiger partial charge in [-0.2, -0.15) is 0 Å². The van der Waals surface area contributed by atoms with E-state index >= 15 is 0 Å². The monoisotopic (exact) mass is 288 g/mol. The largest absolute Gasteiger partial charge is 0.489 e. The highest BCUT2D eigenvalue weighted by atomic mass is 32.2. The van der Waals surface area contributed by atoms with Crippen molar-refractivity contribution in [2.24, 2.45) is 5.14 Å². The molecule has 19 heavy (non-hydrogen) atoms. The third-order valence-electron chi connectivity index (χ3n) is 3.08. The Morgan fingerprint density at radius 2 is 2.21 bits per heavy atom. The fourth-order valence-electron chi connectivity index (χ4n) is 2.03. The topological polar surface area (TPSA) is 81.4 Å². The molecule has 1 fully saturated rings. The second-order valence-electron chi connectivity index (χ2n) is 4.60. The zero-order chi connectivity index (χ0) is 13.9. The van der Waals surface area contributed by atoms with Gasteiger partial charge in [0.1, 0.15) is 6.61 Å². The number of nitrogens with one attached hydrogen (secondary N) is 1. The summed E-state index contributed by atoms with van der Waals surface area (Å²) in [6.45, 7) is 1.31. The van der Waals surface area contributed by atoms with Gasteiger partial charge in [-0.3, -0.25) is 0 Å². The van der Waals surface area contributed by atoms with E-state index in [-0.39, 0.29) is 16.7 Å². The Morgan fingerprint density at radius 3 is 2.79 bits per heavy atom. The summed E-state index contributed by atoms with van der Waals surface area (Å²) in [5.74, 6) is -0.679. The van der Waals surface area contributed by atoms with Gasteiger partial charge in [0.15, 0.2) is 11.6 Å². The van der Waals surface area contributed by atoms with Crippen LogP contribution in [0, 0.1) is 5.82 Å². The number of hydrogen-bond donors (Lipinski definition) is 2. The summed E-state index contributed by atoms with van der Waals surface area (Å²) in [7, 11) is -3.89. The molecular formula is C12H17FN2O3S. The van der Waals surface area contributed by atoms with Crippen molar-refractivity contribution in [2.45, 2.75) is 30.2 Å². The lowest BCUT2D eigenvalue weighted by atomic mass is 10.1. The van der Waals surface area contributed by atoms with Gasteiger partial charge in [-0.1, -0.05) is 6.42 Å². The van der Waals surface area contributed by atoms with Gasteiger partial charge in [-0.25, -0.2) is 17.9 Å². The minimum atomic E-state index is -3.89. The Hall–Kier alpha value is -1.18. The average Bonchev–Trinajstić information content (AvgIpc) is 2.37. The number of halogens is 1. The number of primary sulfonamides is 1. The van der Waals surface area contributed by atoms with Crippen LogP contribution in [0.5, 0.6) is 5.75 Å². The van der Waals surface area contributed by atoms with Crippen LogP contribution in [-0.2, 0) is 10.0 Å². The molecule has 1 aromatic carbocycles. The van der Waals surface area contributed by atoms with E-state index in [9.17, 15) is 12.8 Å². The summed E-state index contributed by atoms with van der Waals surface area (Å²) in [5, 5.41) is 8.20. The standard InChI is InChI=1S/C12H17FN2O3S/c13-11-7-10(19(14,16)17)4-5-12(11)18-8-9-3-1-2-6-15-9/h4-5,7,9,15H,1-3,6,8H2,(H2,14,16,17). The number of sulfonamides is 1. The minimum absolute atomic E-state index is 0.0415. The lowest BCUT2D eigenvalue weighted by Gasteiger charge is -2.23. The van der Waals surface area contributed by atoms with Gasteiger partial charge >= 0.3 is 0 Å². The number of nitrogens with two attached hydrogens (primary N) is 1. The second-order valence-corrected chi connectivity index (χ2v) is 6.16. The van der Waals surface area contributed by atoms with Crippen molar-refractivity contribution in [1.29, 1.82) is 0 Å². The van der Waals surface area contributed by atoms with E-state index in [1.54, 1.807) is 0 Å². The zero-order valence-corrected chi connectivity index (χ0v) is 11.2. The summed E-state index contributed by atoms with van der Waals surface area (Å²) in [6, 6.07) is 3.62. The maximum absolute atomic E-state index is 13.7. The highest BCUT2D eigenvalue weighted by molar-refractivity contribution is 7.89. The molecule has 0 amide bonds. The van der Waals surface area contributed by atoms with Crippen molar-refractivity contribution < 1.29 is 17.5 Å². The van der Waals surface area contributed by atoms with Crippen molar-refractivity contribution in [2.75, 3.05) is 13.2 Å². The van der Waals surface area contributed by atoms with Gasteiger partial charge in [0.25, 0.3) is 0 Å². The van der Waals surface area contributed by atoms with Crippen LogP contribution < -0.4 is 15.2 Å². The normalized spacial score (nSPS) is 20.2. The molecule has 0 aliphatic carbocycles. The zero-order valence-electron chi connectivity index (χ0n) is 10.4. The first kappa shape index (κ1) is 14.2. The van der Waals surface area contributed by atoms with Crippen LogP contribution in [0.3, 0.4) is 0 Å². The van der Waals surface area contributed by atoms with Crippen molar-refractivity contribution in [3.8, 4) is 5.75 Å². The van der Waals surface area contributed by atoms with Gasteiger partial charge in [-0.05, 0) is 37.6 Å². The molecule has 1 unspecified atom stereocenters. The van der Waals surface area contributed by atoms with Gasteiger partial charge < -0.3 is 10.1 Å². The second kappa shape index (κ2) is 5.85. The first-order valence-electron chi connectivity index (χ1n) is 6.15. The average molecular weight is 288 g/mol. The molecule has 1 atom stereocenters. The van der Waals surface area contributed by atoms with Gasteiger partial charge in [0, 0.05) is 6.04 Å². The number of hydrogen-bond acceptors (Lipinski definition) is 4. The molecule has 0 radical (unpaired) electrons. The molecule has 106 valence electrons. The van der Waals surface area contributed by atoms with E-state index in [4.69, 9.17) is 9.88 Å². The molecule has 2 rings (SSSR count). The Bertz CT molecular complexity index is 542. The smallest absolute Gasteiger partial charge is 0.238 e. The van der Waals surface area contributed by atoms with E-state index in [2.05, 4.69) is 5.32 Å². The van der Waals surface area contributed by atoms with E-state index in [1.807, 2.05) is 0 Å². The molecule has 0 aromatic heterocycles. The Balaban J connectivity index is 2.01. The number of rotatable bonds is 4. The number of piperidine rings is 1. The molecule has 1 aliphatic heterocycles. The molecule has 0 saturated carbocycles. The molecular weight excluding hydrogens is 271 g/mol. The fourth-order valence-corrected chi connectivity index (χ4v) is 2.56. The molecule has 1 aliphatic rings. The summed E-state index contributed by atoms with van der Waals surface area (Å²) in [5.41, 5.74) is 0. The maximum Gasteiger partial charge on any atom is 0.238 e. The molecule has 3 N–H and O–H groups in total. The van der Waals surface area contributed by atoms with E-state index < -0.39 is 15.8 Å². The van der Waals surface area contributed by atoms with Crippen molar-refractivity contribution in [3.63, 3.8) is 0 Å². The van der Waals surface area contributed by atoms with Crippen LogP contribution in [0.4, 0.5) is 4.39 Å². The Kier molecular flexibility index (Phi) is 4.38. The first-order valence-corrected chi connectivity index (χ1v) is 7.70. The summed E-state index contributed by atoms with van der Waals surface area (Å²) in [6.07, 6.45) is 3.28. The molecule has 0 bridgehead atoms. The van der Waals surface area contributed by atoms with Crippen LogP contribution in [0.2, 0.25) is 0 Å². The molecule has 7 heteroatoms. The van der Waals surface area contributed by atoms with Crippen LogP contribution in [0.15, 0.2) is 23.1 Å². The molecule has 1 heterocycles. The van der Waals surface area contributed by atoms with E-state index in [0.29, 0.717) is 6.61 Å². The van der Waals surface area contributed by atoms with Gasteiger partial charge in [0.2, 0.25) is 10.0 Å². The summed E-state index contributed by atoms with van der Waals surface area (Å²) in [4.78, 5) is -0.256. The predicted molar refractivity (Wildman–Crippen MR) is 68.9 cm³/mol. The van der Waals surface area contributed by atoms with Crippen molar-refractivity contribution in [1.82, 2.24) is 5.32 Å². The Labute approximate surface area is 112 Å². The van der Waals surface area contributed by atoms with Crippen LogP contribution in [0.1, 0.15) is 19.3 Å². The highest BCUT2D eigenvalue weighted by Crippen LogP contribution is 2.21. The fraction of sp³-hybridized carbons (Fsp3) is 0.500. The predicted octanol–water partition coefficient (Wildman–Crippen LogP) is 0.994. The summed E-state index contributed by atoms with van der Waals surface area (Å²) >= 11 is 0. The SMILES string of the molecule is NS(=O)(=O)c1ccc(OCC2CCCCN2)c(F)c1. The highest BCUT2D eigenvalue weighted by Gasteiger charge is 2.16. The van der Waals surface area contributed by atoms with Gasteiger partial charge in [0.05, 0.1) is 4.90 Å². The third kappa shape index (κ3) is 3.89. The van der Waals surface area contributed by atoms with Crippen molar-refractivity contribution in [3.05, 3.63) is 24.0 Å². The van der Waals surface area contributed by atoms with Crippen molar-refractivity contribution >= 4 is 10.0 Å². The van der Waals surface area contributed by atoms with E-state index in [0.717, 1.165) is 31.9 Å². The first-order chi connectivity index (χ1) is 8.97. The third-order valence-corrected chi connectivity index (χ3v) is 4.00. The molecule has 5 nitrogen and oxygen atoms in total. The molecule has 0 spiro atoms. The van der Waals surface area contributed by atoms with Crippen LogP contribution in [-0.4, -0.2) is 27.6 Å². The quantitative estimate of drug-likeness (QED) is 0.866. The summed E-state index contributed by atoms with van der Waals surface area (Å²) < 4.78 is 41.2. The minimum Gasteiger partial charge on any atom is -0.489 e. The van der Waals surface area contributed by atoms with E-state index in [1.165, 1.54) is 12.1 Å². The maximum atomic E-state index is 13.7. The van der Waals surface area contributed by atoms with Crippen LogP contribution in [0.25, 0.3) is 0 Å².